The van der Waals surface area contributed by atoms with Gasteiger partial charge in [0.15, 0.2) is 0 Å². The van der Waals surface area contributed by atoms with E-state index in [1.807, 2.05) is 32.1 Å². The van der Waals surface area contributed by atoms with E-state index in [9.17, 15) is 9.59 Å². The normalized spacial score (nSPS) is 24.7. The van der Waals surface area contributed by atoms with Crippen LogP contribution in [0.5, 0.6) is 0 Å². The van der Waals surface area contributed by atoms with Gasteiger partial charge in [0, 0.05) is 41.6 Å². The van der Waals surface area contributed by atoms with Crippen molar-refractivity contribution in [1.29, 1.82) is 0 Å². The fraction of sp³-hybridized carbons (Fsp3) is 0.304. The topological polar surface area (TPSA) is 67.9 Å². The Morgan fingerprint density at radius 2 is 1.46 bits per heavy atom. The summed E-state index contributed by atoms with van der Waals surface area (Å²) in [5, 5.41) is 6.38. The molecule has 3 fully saturated rings. The molecular weight excluding hydrogens is 731 g/mol. The summed E-state index contributed by atoms with van der Waals surface area (Å²) >= 11 is 0. The standard InChI is InChI=1S/C41H44N2O4P.C5H5.Fe/c1-5-28(39(44)46-3)25-29-26-33(40(45)47-4)37-41(34-20-12-13-21-35(34)42-37)23-24-43(38(29)41)27(2)32-19-14-22-36(32)48(30-15-8-6-9-16-30)31-17-10-7-11-18-31;1-2-4-5-3-1;/h6-22,27-29,38,42H,5,23-26H2,1-4H3;1-5H;/q;;+2/t27-,28-,29+,38-,41-;;/m0../s1. The fourth-order valence-corrected chi connectivity index (χ4v) is 11.8. The maximum absolute atomic E-state index is 13.5. The minimum atomic E-state index is -0.778. The number of nitrogens with one attached hydrogen (secondary N) is 1. The van der Waals surface area contributed by atoms with Crippen molar-refractivity contribution in [1.82, 2.24) is 4.90 Å². The molecule has 1 N–H and O–H groups in total. The SMILES string of the molecule is CC[C@@H](C[C@@H]1CC(C(=O)OC)=C2Nc3ccccc3[C@@]23CCN([C@@H](C)[C]2[CH][CH][CH][C]2P(c2ccccc2)c2ccccc2)[C@@H]13)C(=O)OC.[CH]1[CH][CH][CH][CH]1.[Fe+2]. The molecule has 1 saturated heterocycles. The van der Waals surface area contributed by atoms with Crippen molar-refractivity contribution in [3.63, 3.8) is 0 Å². The third kappa shape index (κ3) is 7.73. The predicted octanol–water partition coefficient (Wildman–Crippen LogP) is 7.73. The van der Waals surface area contributed by atoms with Gasteiger partial charge < -0.3 is 14.8 Å². The van der Waals surface area contributed by atoms with E-state index in [1.54, 1.807) is 0 Å². The Bertz CT molecular complexity index is 1700. The molecule has 8 rings (SSSR count). The van der Waals surface area contributed by atoms with Crippen LogP contribution in [0.3, 0.4) is 0 Å². The van der Waals surface area contributed by atoms with Gasteiger partial charge in [0.05, 0.1) is 31.1 Å². The summed E-state index contributed by atoms with van der Waals surface area (Å²) in [4.78, 5) is 29.2. The van der Waals surface area contributed by atoms with Crippen LogP contribution < -0.4 is 15.9 Å². The van der Waals surface area contributed by atoms with Crippen LogP contribution in [0, 0.1) is 74.8 Å². The summed E-state index contributed by atoms with van der Waals surface area (Å²) in [5.74, 6) is 0.651. The number of hydrogen-bond donors (Lipinski definition) is 1. The number of anilines is 1. The van der Waals surface area contributed by atoms with E-state index in [0.29, 0.717) is 24.8 Å². The molecule has 0 amide bonds. The number of ether oxygens (including phenoxy) is 2. The van der Waals surface area contributed by atoms with Gasteiger partial charge in [-0.05, 0) is 120 Å². The van der Waals surface area contributed by atoms with E-state index in [4.69, 9.17) is 9.47 Å². The average molecular weight is 781 g/mol. The van der Waals surface area contributed by atoms with Crippen molar-refractivity contribution in [3.8, 4) is 0 Å². The molecular formula is C46H49FeN2O4P+2. The third-order valence-corrected chi connectivity index (χ3v) is 14.1. The number of likely N-dealkylation sites (tertiary alicyclic amines) is 1. The number of fused-ring (bicyclic) bond motifs is 1. The molecule has 5 aliphatic rings. The molecule has 0 unspecified atom stereocenters. The number of methoxy groups -OCH3 is 2. The number of esters is 2. The Morgan fingerprint density at radius 1 is 0.852 bits per heavy atom. The number of carbonyl (C=O) groups excluding carboxylic acids is 2. The van der Waals surface area contributed by atoms with Gasteiger partial charge in [-0.15, -0.1) is 0 Å². The Hall–Kier alpha value is -2.95. The largest absolute Gasteiger partial charge is 2.00 e. The molecule has 5 atom stereocenters. The minimum Gasteiger partial charge on any atom is -0.469 e. The zero-order valence-electron chi connectivity index (χ0n) is 31.4. The number of hydrogen-bond acceptors (Lipinski definition) is 6. The molecule has 1 spiro atoms. The van der Waals surface area contributed by atoms with Gasteiger partial charge in [0.2, 0.25) is 0 Å². The van der Waals surface area contributed by atoms with Crippen molar-refractivity contribution in [2.75, 3.05) is 26.1 Å². The van der Waals surface area contributed by atoms with E-state index in [1.165, 1.54) is 42.0 Å². The molecule has 278 valence electrons. The maximum atomic E-state index is 13.5. The second-order valence-corrected chi connectivity index (χ2v) is 16.4. The summed E-state index contributed by atoms with van der Waals surface area (Å²) in [7, 11) is 2.16. The quantitative estimate of drug-likeness (QED) is 0.129. The van der Waals surface area contributed by atoms with Crippen molar-refractivity contribution in [3.05, 3.63) is 165 Å². The van der Waals surface area contributed by atoms with E-state index in [-0.39, 0.29) is 52.9 Å². The third-order valence-electron chi connectivity index (χ3n) is 11.6. The van der Waals surface area contributed by atoms with E-state index >= 15 is 0 Å². The van der Waals surface area contributed by atoms with Gasteiger partial charge in [-0.3, -0.25) is 9.69 Å². The summed E-state index contributed by atoms with van der Waals surface area (Å²) in [6.45, 7) is 5.27. The Labute approximate surface area is 335 Å². The first kappa shape index (κ1) is 40.7. The molecule has 8 heteroatoms. The molecule has 3 aliphatic carbocycles. The number of carbonyl (C=O) groups is 2. The first-order chi connectivity index (χ1) is 25.9. The molecule has 2 aliphatic heterocycles. The number of benzene rings is 3. The average Bonchev–Trinajstić information content (AvgIpc) is 4.05. The van der Waals surface area contributed by atoms with Gasteiger partial charge in [0.1, 0.15) is 0 Å². The number of rotatable bonds is 10. The van der Waals surface area contributed by atoms with Crippen molar-refractivity contribution < 1.29 is 36.1 Å². The fourth-order valence-electron chi connectivity index (χ4n) is 9.28. The maximum Gasteiger partial charge on any atom is 2.00 e. The second kappa shape index (κ2) is 18.3. The Kier molecular flexibility index (Phi) is 13.8. The molecule has 6 nitrogen and oxygen atoms in total. The van der Waals surface area contributed by atoms with Crippen LogP contribution in [-0.2, 0) is 41.5 Å². The smallest absolute Gasteiger partial charge is 0.469 e. The van der Waals surface area contributed by atoms with Crippen LogP contribution in [0.4, 0.5) is 5.69 Å². The van der Waals surface area contributed by atoms with Crippen LogP contribution in [0.25, 0.3) is 0 Å². The Morgan fingerprint density at radius 3 is 2.06 bits per heavy atom. The van der Waals surface area contributed by atoms with E-state index < -0.39 is 13.3 Å². The first-order valence-corrected chi connectivity index (χ1v) is 20.1. The molecule has 3 aromatic rings. The van der Waals surface area contributed by atoms with Crippen LogP contribution in [0.15, 0.2) is 96.2 Å². The van der Waals surface area contributed by atoms with E-state index in [0.717, 1.165) is 24.4 Å². The zero-order valence-corrected chi connectivity index (χ0v) is 33.4. The summed E-state index contributed by atoms with van der Waals surface area (Å²) in [6, 6.07) is 30.4. The minimum absolute atomic E-state index is 0. The second-order valence-electron chi connectivity index (χ2n) is 14.3. The van der Waals surface area contributed by atoms with Crippen molar-refractivity contribution >= 4 is 36.2 Å². The van der Waals surface area contributed by atoms with E-state index in [2.05, 4.69) is 128 Å². The number of nitrogens with zero attached hydrogens (tertiary/aromatic N) is 1. The van der Waals surface area contributed by atoms with Crippen LogP contribution in [0.1, 0.15) is 45.1 Å². The molecule has 54 heavy (non-hydrogen) atoms. The van der Waals surface area contributed by atoms with Crippen molar-refractivity contribution in [2.45, 2.75) is 57.0 Å². The molecule has 3 aromatic carbocycles. The molecule has 0 aromatic heterocycles. The Balaban J connectivity index is 0.000000767. The van der Waals surface area contributed by atoms with Gasteiger partial charge >= 0.3 is 29.0 Å². The molecule has 2 saturated carbocycles. The summed E-state index contributed by atoms with van der Waals surface area (Å²) in [5.41, 5.74) is 4.93. The van der Waals surface area contributed by atoms with Crippen LogP contribution >= 0.6 is 7.92 Å². The van der Waals surface area contributed by atoms with Gasteiger partial charge in [-0.2, -0.15) is 0 Å². The van der Waals surface area contributed by atoms with Gasteiger partial charge in [-0.1, -0.05) is 85.8 Å². The zero-order chi connectivity index (χ0) is 37.0. The van der Waals surface area contributed by atoms with Gasteiger partial charge in [0.25, 0.3) is 0 Å². The van der Waals surface area contributed by atoms with Crippen molar-refractivity contribution in [2.24, 2.45) is 11.8 Å². The predicted molar refractivity (Wildman–Crippen MR) is 214 cm³/mol. The number of para-hydroxylation sites is 1. The van der Waals surface area contributed by atoms with Gasteiger partial charge in [-0.25, -0.2) is 4.79 Å². The molecule has 0 bridgehead atoms. The first-order valence-electron chi connectivity index (χ1n) is 18.8. The molecule has 10 radical (unpaired) electrons. The van der Waals surface area contributed by atoms with Crippen LogP contribution in [0.2, 0.25) is 0 Å². The molecule has 2 heterocycles. The van der Waals surface area contributed by atoms with Crippen LogP contribution in [-0.4, -0.2) is 49.7 Å². The summed E-state index contributed by atoms with van der Waals surface area (Å²) < 4.78 is 10.7. The summed E-state index contributed by atoms with van der Waals surface area (Å²) in [6.07, 6.45) is 19.6. The monoisotopic (exact) mass is 780 g/mol.